The number of allylic oxidation sites excluding steroid dienone is 12. The second-order valence-electron chi connectivity index (χ2n) is 6.37. The van der Waals surface area contributed by atoms with Gasteiger partial charge in [-0.3, -0.25) is 0 Å². The van der Waals surface area contributed by atoms with Gasteiger partial charge in [-0.15, -0.1) is 0 Å². The summed E-state index contributed by atoms with van der Waals surface area (Å²) in [6.45, 7) is 8.58. The van der Waals surface area contributed by atoms with Crippen molar-refractivity contribution in [1.82, 2.24) is 0 Å². The van der Waals surface area contributed by atoms with Gasteiger partial charge in [0.1, 0.15) is 0 Å². The van der Waals surface area contributed by atoms with Gasteiger partial charge in [-0.1, -0.05) is 67.8 Å². The fourth-order valence-electron chi connectivity index (χ4n) is 3.51. The molecule has 0 spiro atoms. The third-order valence-corrected chi connectivity index (χ3v) is 4.87. The van der Waals surface area contributed by atoms with E-state index >= 15 is 0 Å². The molecule has 0 unspecified atom stereocenters. The Hall–Kier alpha value is -2.60. The topological polar surface area (TPSA) is 0 Å². The summed E-state index contributed by atoms with van der Waals surface area (Å²) < 4.78 is 0. The molecular weight excluding hydrogens is 276 g/mol. The van der Waals surface area contributed by atoms with Crippen molar-refractivity contribution in [2.75, 3.05) is 0 Å². The van der Waals surface area contributed by atoms with Crippen molar-refractivity contribution in [1.29, 1.82) is 0 Å². The summed E-state index contributed by atoms with van der Waals surface area (Å²) in [4.78, 5) is 0. The quantitative estimate of drug-likeness (QED) is 0.639. The molecule has 0 heterocycles. The Balaban J connectivity index is 1.65. The Labute approximate surface area is 138 Å². The van der Waals surface area contributed by atoms with E-state index in [-0.39, 0.29) is 0 Å². The molecule has 3 aliphatic carbocycles. The van der Waals surface area contributed by atoms with Gasteiger partial charge in [-0.2, -0.15) is 0 Å². The second-order valence-corrected chi connectivity index (χ2v) is 6.37. The van der Waals surface area contributed by atoms with E-state index in [4.69, 9.17) is 0 Å². The van der Waals surface area contributed by atoms with Crippen LogP contribution in [-0.2, 0) is 6.42 Å². The van der Waals surface area contributed by atoms with E-state index in [2.05, 4.69) is 73.9 Å². The molecule has 0 atom stereocenters. The summed E-state index contributed by atoms with van der Waals surface area (Å²) in [5.74, 6) is 0. The fourth-order valence-corrected chi connectivity index (χ4v) is 3.51. The zero-order valence-electron chi connectivity index (χ0n) is 13.3. The maximum Gasteiger partial charge on any atom is -0.00226 e. The Bertz CT molecular complexity index is 863. The van der Waals surface area contributed by atoms with E-state index in [1.54, 1.807) is 0 Å². The second kappa shape index (κ2) is 5.55. The zero-order valence-corrected chi connectivity index (χ0v) is 13.3. The van der Waals surface area contributed by atoms with Crippen LogP contribution in [-0.4, -0.2) is 0 Å². The monoisotopic (exact) mass is 296 g/mol. The largest absolute Gasteiger partial charge is 0.0949 e. The Morgan fingerprint density at radius 1 is 1.00 bits per heavy atom. The van der Waals surface area contributed by atoms with Crippen LogP contribution >= 0.6 is 0 Å². The van der Waals surface area contributed by atoms with Crippen LogP contribution in [0.15, 0.2) is 102 Å². The number of hydrogen-bond donors (Lipinski definition) is 0. The van der Waals surface area contributed by atoms with Crippen LogP contribution in [0.4, 0.5) is 0 Å². The number of fused-ring (bicyclic) bond motifs is 1. The molecule has 0 saturated heterocycles. The van der Waals surface area contributed by atoms with Gasteiger partial charge in [-0.25, -0.2) is 0 Å². The van der Waals surface area contributed by atoms with E-state index in [0.717, 1.165) is 24.8 Å². The highest BCUT2D eigenvalue weighted by atomic mass is 14.2. The molecule has 0 radical (unpaired) electrons. The van der Waals surface area contributed by atoms with Crippen molar-refractivity contribution in [3.05, 3.63) is 113 Å². The van der Waals surface area contributed by atoms with Gasteiger partial charge < -0.3 is 0 Å². The van der Waals surface area contributed by atoms with Crippen molar-refractivity contribution in [3.8, 4) is 0 Å². The average Bonchev–Trinajstić information content (AvgIpc) is 3.21. The molecule has 112 valence electrons. The van der Waals surface area contributed by atoms with Gasteiger partial charge in [0, 0.05) is 0 Å². The van der Waals surface area contributed by atoms with Gasteiger partial charge in [0.15, 0.2) is 0 Å². The smallest absolute Gasteiger partial charge is 0.00226 e. The van der Waals surface area contributed by atoms with Crippen LogP contribution in [0.2, 0.25) is 0 Å². The maximum absolute atomic E-state index is 4.32. The van der Waals surface area contributed by atoms with Crippen molar-refractivity contribution in [2.45, 2.75) is 19.3 Å². The van der Waals surface area contributed by atoms with Gasteiger partial charge in [0.25, 0.3) is 0 Å². The van der Waals surface area contributed by atoms with Crippen LogP contribution in [0.25, 0.3) is 5.57 Å². The Morgan fingerprint density at radius 3 is 2.70 bits per heavy atom. The summed E-state index contributed by atoms with van der Waals surface area (Å²) in [6, 6.07) is 8.54. The predicted molar refractivity (Wildman–Crippen MR) is 99.0 cm³/mol. The molecule has 0 nitrogen and oxygen atoms in total. The minimum atomic E-state index is 0.968. The summed E-state index contributed by atoms with van der Waals surface area (Å²) in [6.07, 6.45) is 16.4. The van der Waals surface area contributed by atoms with Crippen LogP contribution in [0.1, 0.15) is 24.0 Å². The van der Waals surface area contributed by atoms with Crippen molar-refractivity contribution >= 4 is 5.57 Å². The highest BCUT2D eigenvalue weighted by Gasteiger charge is 2.19. The lowest BCUT2D eigenvalue weighted by Gasteiger charge is -2.18. The first-order valence-corrected chi connectivity index (χ1v) is 8.16. The number of rotatable bonds is 2. The van der Waals surface area contributed by atoms with Gasteiger partial charge in [0.2, 0.25) is 0 Å². The fraction of sp³-hybridized carbons (Fsp3) is 0.130. The van der Waals surface area contributed by atoms with E-state index in [0.29, 0.717) is 0 Å². The van der Waals surface area contributed by atoms with Crippen molar-refractivity contribution in [3.63, 3.8) is 0 Å². The molecule has 1 aromatic rings. The van der Waals surface area contributed by atoms with Crippen molar-refractivity contribution in [2.24, 2.45) is 0 Å². The minimum Gasteiger partial charge on any atom is -0.0949 e. The molecular formula is C23H20. The first kappa shape index (κ1) is 14.0. The van der Waals surface area contributed by atoms with Gasteiger partial charge in [0.05, 0.1) is 0 Å². The van der Waals surface area contributed by atoms with Crippen LogP contribution < -0.4 is 0 Å². The highest BCUT2D eigenvalue weighted by molar-refractivity contribution is 5.84. The van der Waals surface area contributed by atoms with Crippen LogP contribution in [0.3, 0.4) is 0 Å². The molecule has 0 aromatic heterocycles. The number of hydrogen-bond acceptors (Lipinski definition) is 0. The van der Waals surface area contributed by atoms with E-state index < -0.39 is 0 Å². The molecule has 4 rings (SSSR count). The highest BCUT2D eigenvalue weighted by Crippen LogP contribution is 2.38. The number of benzene rings is 1. The van der Waals surface area contributed by atoms with Crippen LogP contribution in [0.5, 0.6) is 0 Å². The van der Waals surface area contributed by atoms with Gasteiger partial charge in [-0.05, 0) is 69.9 Å². The standard InChI is InChI=1S/C23H20/c1-16-13-22(18-7-3-4-8-18)15-21(16)14-20-12-11-19-9-5-6-10-23(19)17(20)2/h3-7,9-10,12,14-15H,1-2,8,11,13H2/b21-14+. The lowest BCUT2D eigenvalue weighted by atomic mass is 9.87. The predicted octanol–water partition coefficient (Wildman–Crippen LogP) is 5.88. The van der Waals surface area contributed by atoms with Gasteiger partial charge >= 0.3 is 0 Å². The van der Waals surface area contributed by atoms with Crippen molar-refractivity contribution < 1.29 is 0 Å². The molecule has 0 bridgehead atoms. The molecule has 0 N–H and O–H groups in total. The van der Waals surface area contributed by atoms with Crippen LogP contribution in [0, 0.1) is 0 Å². The lowest BCUT2D eigenvalue weighted by molar-refractivity contribution is 1.16. The summed E-state index contributed by atoms with van der Waals surface area (Å²) in [5.41, 5.74) is 10.3. The van der Waals surface area contributed by atoms with E-state index in [1.807, 2.05) is 0 Å². The summed E-state index contributed by atoms with van der Waals surface area (Å²) in [5, 5.41) is 0. The molecule has 0 heteroatoms. The molecule has 0 fully saturated rings. The molecule has 0 saturated carbocycles. The minimum absolute atomic E-state index is 0.968. The average molecular weight is 296 g/mol. The molecule has 0 amide bonds. The molecule has 3 aliphatic rings. The normalized spacial score (nSPS) is 21.4. The SMILES string of the molecule is C=C1CC(C2=CC=CC2)=C/C1=C\C1=CCc2ccccc2C1=C. The summed E-state index contributed by atoms with van der Waals surface area (Å²) >= 11 is 0. The maximum atomic E-state index is 4.32. The van der Waals surface area contributed by atoms with E-state index in [1.165, 1.54) is 39.0 Å². The summed E-state index contributed by atoms with van der Waals surface area (Å²) in [7, 11) is 0. The Morgan fingerprint density at radius 2 is 1.87 bits per heavy atom. The zero-order chi connectivity index (χ0) is 15.8. The third-order valence-electron chi connectivity index (χ3n) is 4.87. The first-order valence-electron chi connectivity index (χ1n) is 8.16. The van der Waals surface area contributed by atoms with E-state index in [9.17, 15) is 0 Å². The third kappa shape index (κ3) is 2.51. The molecule has 1 aromatic carbocycles. The Kier molecular flexibility index (Phi) is 3.38. The first-order chi connectivity index (χ1) is 11.2. The molecule has 0 aliphatic heterocycles. The molecule has 23 heavy (non-hydrogen) atoms. The lowest BCUT2D eigenvalue weighted by Crippen LogP contribution is -2.00.